The molecule has 0 bridgehead atoms. The Labute approximate surface area is 153 Å². The largest absolute Gasteiger partial charge is 0.496 e. The highest BCUT2D eigenvalue weighted by Gasteiger charge is 2.11. The first-order valence-electron chi connectivity index (χ1n) is 7.46. The van der Waals surface area contributed by atoms with Crippen molar-refractivity contribution in [1.82, 2.24) is 4.98 Å². The van der Waals surface area contributed by atoms with Crippen LogP contribution in [0.3, 0.4) is 0 Å². The molecule has 6 heteroatoms. The van der Waals surface area contributed by atoms with E-state index in [4.69, 9.17) is 4.74 Å². The third-order valence-corrected chi connectivity index (χ3v) is 5.28. The number of carbonyl (C=O) groups excluding carboxylic acids is 1. The second-order valence-corrected chi connectivity index (χ2v) is 7.46. The number of thiazole rings is 1. The van der Waals surface area contributed by atoms with E-state index >= 15 is 0 Å². The summed E-state index contributed by atoms with van der Waals surface area (Å²) < 4.78 is 7.08. The number of rotatable bonds is 5. The Morgan fingerprint density at radius 1 is 1.29 bits per heavy atom. The number of ketones is 1. The molecule has 2 aromatic carbocycles. The van der Waals surface area contributed by atoms with Crippen LogP contribution in [0, 0.1) is 13.8 Å². The Morgan fingerprint density at radius 3 is 2.79 bits per heavy atom. The number of methoxy groups -OCH3 is 1. The molecule has 0 unspecified atom stereocenters. The minimum atomic E-state index is 0.00510. The van der Waals surface area contributed by atoms with Gasteiger partial charge in [0.1, 0.15) is 5.75 Å². The van der Waals surface area contributed by atoms with Gasteiger partial charge in [-0.05, 0) is 65.2 Å². The molecule has 0 fully saturated rings. The summed E-state index contributed by atoms with van der Waals surface area (Å²) >= 11 is 4.97. The fourth-order valence-corrected chi connectivity index (χ4v) is 4.12. The number of anilines is 1. The van der Waals surface area contributed by atoms with Crippen LogP contribution in [0.2, 0.25) is 0 Å². The summed E-state index contributed by atoms with van der Waals surface area (Å²) in [4.78, 5) is 16.9. The van der Waals surface area contributed by atoms with Crippen molar-refractivity contribution in [1.29, 1.82) is 0 Å². The van der Waals surface area contributed by atoms with E-state index in [1.807, 2.05) is 0 Å². The average molecular weight is 405 g/mol. The predicted octanol–water partition coefficient (Wildman–Crippen LogP) is 4.98. The number of halogens is 1. The maximum absolute atomic E-state index is 12.4. The Morgan fingerprint density at radius 2 is 2.08 bits per heavy atom. The van der Waals surface area contributed by atoms with E-state index in [0.717, 1.165) is 25.4 Å². The Hall–Kier alpha value is -1.92. The number of ether oxygens (including phenoxy) is 1. The Balaban J connectivity index is 1.74. The van der Waals surface area contributed by atoms with Gasteiger partial charge in [-0.1, -0.05) is 17.4 Å². The zero-order chi connectivity index (χ0) is 17.3. The van der Waals surface area contributed by atoms with Gasteiger partial charge in [0.05, 0.1) is 28.3 Å². The number of hydrogen-bond donors (Lipinski definition) is 1. The molecule has 0 aliphatic carbocycles. The van der Waals surface area contributed by atoms with Crippen molar-refractivity contribution in [2.24, 2.45) is 0 Å². The summed E-state index contributed by atoms with van der Waals surface area (Å²) in [5.74, 6) is 0.710. The van der Waals surface area contributed by atoms with Crippen LogP contribution < -0.4 is 10.1 Å². The van der Waals surface area contributed by atoms with E-state index in [-0.39, 0.29) is 12.3 Å². The standard InChI is InChI=1S/C18H17BrN2O2S/c1-10-6-11(2)17-16(7-10)24-18(21-17)20-9-14(22)12-4-5-15(23-3)13(19)8-12/h4-8H,9H2,1-3H3,(H,20,21). The molecule has 0 spiro atoms. The fraction of sp³-hybridized carbons (Fsp3) is 0.222. The highest BCUT2D eigenvalue weighted by Crippen LogP contribution is 2.29. The summed E-state index contributed by atoms with van der Waals surface area (Å²) in [7, 11) is 1.60. The lowest BCUT2D eigenvalue weighted by Gasteiger charge is -2.06. The molecule has 0 radical (unpaired) electrons. The minimum absolute atomic E-state index is 0.00510. The first-order valence-corrected chi connectivity index (χ1v) is 9.07. The van der Waals surface area contributed by atoms with Crippen molar-refractivity contribution in [3.05, 3.63) is 51.5 Å². The van der Waals surface area contributed by atoms with Crippen LogP contribution in [0.4, 0.5) is 5.13 Å². The van der Waals surface area contributed by atoms with Gasteiger partial charge in [0.2, 0.25) is 0 Å². The minimum Gasteiger partial charge on any atom is -0.496 e. The first-order chi connectivity index (χ1) is 11.5. The van der Waals surface area contributed by atoms with E-state index < -0.39 is 0 Å². The van der Waals surface area contributed by atoms with E-state index in [2.05, 4.69) is 52.2 Å². The molecule has 0 aliphatic rings. The molecule has 0 saturated carbocycles. The molecule has 0 aliphatic heterocycles. The van der Waals surface area contributed by atoms with Gasteiger partial charge >= 0.3 is 0 Å². The van der Waals surface area contributed by atoms with Crippen molar-refractivity contribution in [2.75, 3.05) is 19.0 Å². The lowest BCUT2D eigenvalue weighted by Crippen LogP contribution is -2.13. The van der Waals surface area contributed by atoms with Crippen LogP contribution in [0.5, 0.6) is 5.75 Å². The number of aromatic nitrogens is 1. The van der Waals surface area contributed by atoms with Gasteiger partial charge in [0.15, 0.2) is 10.9 Å². The topological polar surface area (TPSA) is 51.2 Å². The number of Topliss-reactive ketones (excluding diaryl/α,β-unsaturated/α-hetero) is 1. The van der Waals surface area contributed by atoms with Crippen molar-refractivity contribution < 1.29 is 9.53 Å². The molecule has 124 valence electrons. The van der Waals surface area contributed by atoms with Crippen LogP contribution in [0.1, 0.15) is 21.5 Å². The summed E-state index contributed by atoms with van der Waals surface area (Å²) in [6.07, 6.45) is 0. The maximum Gasteiger partial charge on any atom is 0.184 e. The van der Waals surface area contributed by atoms with Gasteiger partial charge in [-0.25, -0.2) is 4.98 Å². The summed E-state index contributed by atoms with van der Waals surface area (Å²) in [5.41, 5.74) is 3.99. The molecule has 1 aromatic heterocycles. The van der Waals surface area contributed by atoms with Gasteiger partial charge in [0.25, 0.3) is 0 Å². The van der Waals surface area contributed by atoms with Crippen molar-refractivity contribution in [3.8, 4) is 5.75 Å². The lowest BCUT2D eigenvalue weighted by molar-refractivity contribution is 0.101. The Bertz CT molecular complexity index is 921. The third-order valence-electron chi connectivity index (χ3n) is 3.70. The quantitative estimate of drug-likeness (QED) is 0.609. The SMILES string of the molecule is COc1ccc(C(=O)CNc2nc3c(C)cc(C)cc3s2)cc1Br. The second kappa shape index (κ2) is 6.91. The second-order valence-electron chi connectivity index (χ2n) is 5.57. The molecule has 0 amide bonds. The predicted molar refractivity (Wildman–Crippen MR) is 103 cm³/mol. The van der Waals surface area contributed by atoms with E-state index in [0.29, 0.717) is 11.3 Å². The summed E-state index contributed by atoms with van der Waals surface area (Å²) in [5, 5.41) is 3.90. The number of aryl methyl sites for hydroxylation is 2. The smallest absolute Gasteiger partial charge is 0.184 e. The van der Waals surface area contributed by atoms with Crippen molar-refractivity contribution in [3.63, 3.8) is 0 Å². The molecular formula is C18H17BrN2O2S. The third kappa shape index (κ3) is 3.44. The number of benzene rings is 2. The van der Waals surface area contributed by atoms with Gasteiger partial charge in [-0.15, -0.1) is 0 Å². The average Bonchev–Trinajstić information content (AvgIpc) is 2.95. The molecule has 3 rings (SSSR count). The number of carbonyl (C=O) groups is 1. The molecule has 1 heterocycles. The molecule has 3 aromatic rings. The van der Waals surface area contributed by atoms with Gasteiger partial charge < -0.3 is 10.1 Å². The van der Waals surface area contributed by atoms with Gasteiger partial charge in [0, 0.05) is 5.56 Å². The fourth-order valence-electron chi connectivity index (χ4n) is 2.54. The number of nitrogens with one attached hydrogen (secondary N) is 1. The molecule has 4 nitrogen and oxygen atoms in total. The highest BCUT2D eigenvalue weighted by molar-refractivity contribution is 9.10. The molecule has 0 saturated heterocycles. The zero-order valence-corrected chi connectivity index (χ0v) is 16.0. The normalized spacial score (nSPS) is 10.8. The van der Waals surface area contributed by atoms with Crippen molar-refractivity contribution >= 4 is 48.4 Å². The van der Waals surface area contributed by atoms with Gasteiger partial charge in [-0.2, -0.15) is 0 Å². The molecular weight excluding hydrogens is 388 g/mol. The van der Waals surface area contributed by atoms with Crippen LogP contribution in [-0.2, 0) is 0 Å². The highest BCUT2D eigenvalue weighted by atomic mass is 79.9. The molecule has 0 atom stereocenters. The number of nitrogens with zero attached hydrogens (tertiary/aromatic N) is 1. The number of fused-ring (bicyclic) bond motifs is 1. The van der Waals surface area contributed by atoms with Crippen molar-refractivity contribution in [2.45, 2.75) is 13.8 Å². The van der Waals surface area contributed by atoms with E-state index in [1.165, 1.54) is 5.56 Å². The summed E-state index contributed by atoms with van der Waals surface area (Å²) in [6, 6.07) is 9.55. The van der Waals surface area contributed by atoms with Crippen LogP contribution in [-0.4, -0.2) is 24.4 Å². The van der Waals surface area contributed by atoms with Crippen LogP contribution >= 0.6 is 27.3 Å². The molecule has 1 N–H and O–H groups in total. The van der Waals surface area contributed by atoms with Crippen LogP contribution in [0.25, 0.3) is 10.2 Å². The Kier molecular flexibility index (Phi) is 4.87. The first kappa shape index (κ1) is 16.9. The van der Waals surface area contributed by atoms with Crippen LogP contribution in [0.15, 0.2) is 34.8 Å². The van der Waals surface area contributed by atoms with E-state index in [1.54, 1.807) is 36.6 Å². The number of hydrogen-bond acceptors (Lipinski definition) is 5. The summed E-state index contributed by atoms with van der Waals surface area (Å²) in [6.45, 7) is 4.33. The van der Waals surface area contributed by atoms with E-state index in [9.17, 15) is 4.79 Å². The maximum atomic E-state index is 12.4. The molecule has 24 heavy (non-hydrogen) atoms. The zero-order valence-electron chi connectivity index (χ0n) is 13.6. The lowest BCUT2D eigenvalue weighted by atomic mass is 10.1. The van der Waals surface area contributed by atoms with Gasteiger partial charge in [-0.3, -0.25) is 4.79 Å². The monoisotopic (exact) mass is 404 g/mol.